The van der Waals surface area contributed by atoms with E-state index < -0.39 is 10.0 Å². The van der Waals surface area contributed by atoms with Gasteiger partial charge in [-0.15, -0.1) is 0 Å². The van der Waals surface area contributed by atoms with Gasteiger partial charge >= 0.3 is 0 Å². The average Bonchev–Trinajstić information content (AvgIpc) is 3.38. The number of sulfonamides is 1. The Bertz CT molecular complexity index is 1270. The summed E-state index contributed by atoms with van der Waals surface area (Å²) in [4.78, 5) is 16.0. The number of hydrogen-bond donors (Lipinski definition) is 0. The Morgan fingerprint density at radius 3 is 2.39 bits per heavy atom. The van der Waals surface area contributed by atoms with Crippen LogP contribution in [0, 0.1) is 0 Å². The molecule has 0 atom stereocenters. The van der Waals surface area contributed by atoms with Crippen LogP contribution in [0.25, 0.3) is 0 Å². The SMILES string of the molecule is COCCN(CC(=O)N(Cc1cccn1Cc1ccc(Br)cc1)C1CCCCC1)S(=O)(=O)c1ccccc1. The highest BCUT2D eigenvalue weighted by atomic mass is 79.9. The second-order valence-corrected chi connectivity index (χ2v) is 12.6. The Kier molecular flexibility index (Phi) is 10.2. The van der Waals surface area contributed by atoms with Gasteiger partial charge in [0.2, 0.25) is 15.9 Å². The third-order valence-corrected chi connectivity index (χ3v) is 9.48. The molecule has 0 N–H and O–H groups in total. The summed E-state index contributed by atoms with van der Waals surface area (Å²) in [6.07, 6.45) is 7.21. The molecule has 1 saturated carbocycles. The zero-order chi connectivity index (χ0) is 27.0. The summed E-state index contributed by atoms with van der Waals surface area (Å²) in [5.74, 6) is -0.177. The van der Waals surface area contributed by atoms with Crippen molar-refractivity contribution in [3.8, 4) is 0 Å². The Morgan fingerprint density at radius 1 is 1.00 bits per heavy atom. The molecule has 9 heteroatoms. The minimum absolute atomic E-state index is 0.0935. The van der Waals surface area contributed by atoms with Crippen LogP contribution < -0.4 is 0 Å². The summed E-state index contributed by atoms with van der Waals surface area (Å²) in [5, 5.41) is 0. The first kappa shape index (κ1) is 28.5. The lowest BCUT2D eigenvalue weighted by molar-refractivity contribution is -0.135. The minimum Gasteiger partial charge on any atom is -0.383 e. The van der Waals surface area contributed by atoms with Crippen LogP contribution >= 0.6 is 15.9 Å². The maximum atomic E-state index is 13.9. The molecule has 0 unspecified atom stereocenters. The van der Waals surface area contributed by atoms with Gasteiger partial charge in [0, 0.05) is 42.6 Å². The van der Waals surface area contributed by atoms with E-state index in [4.69, 9.17) is 4.74 Å². The normalized spacial score (nSPS) is 14.6. The number of aromatic nitrogens is 1. The van der Waals surface area contributed by atoms with Crippen molar-refractivity contribution in [2.45, 2.75) is 56.1 Å². The number of rotatable bonds is 12. The van der Waals surface area contributed by atoms with Crippen LogP contribution in [0.3, 0.4) is 0 Å². The van der Waals surface area contributed by atoms with Gasteiger partial charge in [0.25, 0.3) is 0 Å². The lowest BCUT2D eigenvalue weighted by atomic mass is 9.94. The molecule has 1 aliphatic rings. The predicted octanol–water partition coefficient (Wildman–Crippen LogP) is 5.30. The molecule has 1 amide bonds. The number of amides is 1. The number of ether oxygens (including phenoxy) is 1. The van der Waals surface area contributed by atoms with E-state index in [1.165, 1.54) is 23.4 Å². The van der Waals surface area contributed by atoms with Crippen molar-refractivity contribution in [1.29, 1.82) is 0 Å². The highest BCUT2D eigenvalue weighted by Crippen LogP contribution is 2.26. The van der Waals surface area contributed by atoms with Gasteiger partial charge in [-0.3, -0.25) is 4.79 Å². The molecule has 0 saturated heterocycles. The number of methoxy groups -OCH3 is 1. The Balaban J connectivity index is 1.57. The van der Waals surface area contributed by atoms with Gasteiger partial charge in [-0.25, -0.2) is 8.42 Å². The van der Waals surface area contributed by atoms with Crippen molar-refractivity contribution in [2.24, 2.45) is 0 Å². The lowest BCUT2D eigenvalue weighted by Crippen LogP contribution is -2.48. The van der Waals surface area contributed by atoms with E-state index >= 15 is 0 Å². The molecular formula is C29H36BrN3O4S. The molecule has 0 aliphatic heterocycles. The molecule has 2 aromatic carbocycles. The quantitative estimate of drug-likeness (QED) is 0.282. The minimum atomic E-state index is -3.85. The van der Waals surface area contributed by atoms with Gasteiger partial charge in [0.05, 0.1) is 24.6 Å². The molecule has 4 rings (SSSR count). The van der Waals surface area contributed by atoms with Crippen molar-refractivity contribution in [1.82, 2.24) is 13.8 Å². The van der Waals surface area contributed by atoms with Crippen LogP contribution in [0.2, 0.25) is 0 Å². The standard InChI is InChI=1S/C29H36BrN3O4S/c1-37-20-19-32(38(35,36)28-12-6-3-7-13-28)23-29(34)33(26-9-4-2-5-10-26)22-27-11-8-18-31(27)21-24-14-16-25(30)17-15-24/h3,6-8,11-18,26H,2,4-5,9-10,19-23H2,1H3. The van der Waals surface area contributed by atoms with Crippen molar-refractivity contribution in [3.05, 3.63) is 88.7 Å². The van der Waals surface area contributed by atoms with Crippen LogP contribution in [0.1, 0.15) is 43.4 Å². The van der Waals surface area contributed by atoms with E-state index in [0.29, 0.717) is 13.1 Å². The summed E-state index contributed by atoms with van der Waals surface area (Å²) in [6, 6.07) is 20.6. The number of carbonyl (C=O) groups is 1. The number of hydrogen-bond acceptors (Lipinski definition) is 4. The molecule has 7 nitrogen and oxygen atoms in total. The van der Waals surface area contributed by atoms with Gasteiger partial charge in [-0.1, -0.05) is 65.5 Å². The molecule has 204 valence electrons. The predicted molar refractivity (Wildman–Crippen MR) is 152 cm³/mol. The van der Waals surface area contributed by atoms with E-state index in [2.05, 4.69) is 32.6 Å². The Labute approximate surface area is 234 Å². The number of halogens is 1. The highest BCUT2D eigenvalue weighted by Gasteiger charge is 2.32. The molecule has 1 aromatic heterocycles. The molecule has 0 spiro atoms. The van der Waals surface area contributed by atoms with Crippen molar-refractivity contribution in [2.75, 3.05) is 26.8 Å². The van der Waals surface area contributed by atoms with Gasteiger partial charge in [0.1, 0.15) is 0 Å². The fourth-order valence-electron chi connectivity index (χ4n) is 4.98. The van der Waals surface area contributed by atoms with Crippen LogP contribution in [0.5, 0.6) is 0 Å². The number of carbonyl (C=O) groups excluding carboxylic acids is 1. The maximum absolute atomic E-state index is 13.9. The van der Waals surface area contributed by atoms with Gasteiger partial charge in [0.15, 0.2) is 0 Å². The third-order valence-electron chi connectivity index (χ3n) is 7.10. The van der Waals surface area contributed by atoms with Gasteiger partial charge < -0.3 is 14.2 Å². The lowest BCUT2D eigenvalue weighted by Gasteiger charge is -2.36. The van der Waals surface area contributed by atoms with Crippen LogP contribution in [-0.4, -0.2) is 60.9 Å². The second-order valence-electron chi connectivity index (χ2n) is 9.71. The molecule has 38 heavy (non-hydrogen) atoms. The molecule has 1 aliphatic carbocycles. The van der Waals surface area contributed by atoms with E-state index in [1.807, 2.05) is 35.4 Å². The number of benzene rings is 2. The monoisotopic (exact) mass is 601 g/mol. The summed E-state index contributed by atoms with van der Waals surface area (Å²) < 4.78 is 36.6. The zero-order valence-electron chi connectivity index (χ0n) is 21.8. The first-order valence-corrected chi connectivity index (χ1v) is 15.3. The van der Waals surface area contributed by atoms with E-state index in [9.17, 15) is 13.2 Å². The Morgan fingerprint density at radius 2 is 1.71 bits per heavy atom. The summed E-state index contributed by atoms with van der Waals surface area (Å²) >= 11 is 3.49. The molecule has 1 heterocycles. The fourth-order valence-corrected chi connectivity index (χ4v) is 6.64. The van der Waals surface area contributed by atoms with Gasteiger partial charge in [-0.2, -0.15) is 4.31 Å². The molecule has 0 bridgehead atoms. The van der Waals surface area contributed by atoms with E-state index in [1.54, 1.807) is 30.3 Å². The topological polar surface area (TPSA) is 71.8 Å². The summed E-state index contributed by atoms with van der Waals surface area (Å²) in [7, 11) is -2.32. The van der Waals surface area contributed by atoms with Crippen LogP contribution in [-0.2, 0) is 32.6 Å². The second kappa shape index (κ2) is 13.6. The fraction of sp³-hybridized carbons (Fsp3) is 0.414. The first-order chi connectivity index (χ1) is 18.4. The largest absolute Gasteiger partial charge is 0.383 e. The van der Waals surface area contributed by atoms with Crippen molar-refractivity contribution in [3.63, 3.8) is 0 Å². The zero-order valence-corrected chi connectivity index (χ0v) is 24.2. The van der Waals surface area contributed by atoms with Crippen molar-refractivity contribution < 1.29 is 17.9 Å². The van der Waals surface area contributed by atoms with Crippen molar-refractivity contribution >= 4 is 31.9 Å². The third kappa shape index (κ3) is 7.34. The average molecular weight is 603 g/mol. The molecule has 3 aromatic rings. The van der Waals surface area contributed by atoms with E-state index in [-0.39, 0.29) is 36.5 Å². The van der Waals surface area contributed by atoms with E-state index in [0.717, 1.165) is 35.8 Å². The Hall–Kier alpha value is -2.46. The summed E-state index contributed by atoms with van der Waals surface area (Å²) in [5.41, 5.74) is 2.20. The van der Waals surface area contributed by atoms with Gasteiger partial charge in [-0.05, 0) is 54.8 Å². The smallest absolute Gasteiger partial charge is 0.243 e. The van der Waals surface area contributed by atoms with Crippen LogP contribution in [0.4, 0.5) is 0 Å². The maximum Gasteiger partial charge on any atom is 0.243 e. The van der Waals surface area contributed by atoms with Crippen LogP contribution in [0.15, 0.2) is 82.3 Å². The highest BCUT2D eigenvalue weighted by molar-refractivity contribution is 9.10. The molecular weight excluding hydrogens is 566 g/mol. The summed E-state index contributed by atoms with van der Waals surface area (Å²) in [6.45, 7) is 1.24. The molecule has 1 fully saturated rings. The molecule has 0 radical (unpaired) electrons. The first-order valence-electron chi connectivity index (χ1n) is 13.1. The number of nitrogens with zero attached hydrogens (tertiary/aromatic N) is 3.